The third-order valence-electron chi connectivity index (χ3n) is 5.10. The fourth-order valence-electron chi connectivity index (χ4n) is 3.79. The van der Waals surface area contributed by atoms with Crippen LogP contribution < -0.4 is 10.6 Å². The van der Waals surface area contributed by atoms with Crippen LogP contribution in [0.5, 0.6) is 0 Å². The lowest BCUT2D eigenvalue weighted by molar-refractivity contribution is 0.0949. The largest absolute Gasteiger partial charge is 0.357 e. The number of guanidine groups is 1. The molecule has 1 aliphatic carbocycles. The summed E-state index contributed by atoms with van der Waals surface area (Å²) < 4.78 is 0.410. The van der Waals surface area contributed by atoms with Crippen molar-refractivity contribution in [3.8, 4) is 0 Å². The van der Waals surface area contributed by atoms with Crippen LogP contribution in [-0.4, -0.2) is 70.0 Å². The van der Waals surface area contributed by atoms with Crippen molar-refractivity contribution in [2.24, 2.45) is 4.99 Å². The molecule has 1 spiro atoms. The van der Waals surface area contributed by atoms with E-state index in [1.807, 2.05) is 0 Å². The summed E-state index contributed by atoms with van der Waals surface area (Å²) in [4.78, 5) is 27.1. The van der Waals surface area contributed by atoms with Crippen molar-refractivity contribution in [2.45, 2.75) is 43.8 Å². The van der Waals surface area contributed by atoms with Crippen LogP contribution in [-0.2, 0) is 0 Å². The number of thioether (sulfide) groups is 1. The summed E-state index contributed by atoms with van der Waals surface area (Å²) in [5.41, 5.74) is 0.334. The number of carbonyl (C=O) groups excluding carboxylic acids is 1. The predicted octanol–water partition coefficient (Wildman–Crippen LogP) is 2.54. The van der Waals surface area contributed by atoms with Crippen LogP contribution in [0.2, 0.25) is 0 Å². The average molecular weight is 518 g/mol. The standard InChI is InChI=1S/C19H30N6OS.HI/c1-2-21-18(24-11-10-23-17(26)16-14-20-8-9-22-16)25-12-13-27-19(15-25)6-4-3-5-7-19;/h8-9,14H,2-7,10-13,15H2,1H3,(H,21,24)(H,23,26);1H. The van der Waals surface area contributed by atoms with E-state index in [1.165, 1.54) is 44.5 Å². The number of aromatic nitrogens is 2. The molecule has 0 aromatic carbocycles. The number of halogens is 1. The van der Waals surface area contributed by atoms with Crippen LogP contribution >= 0.6 is 35.7 Å². The second kappa shape index (κ2) is 11.8. The van der Waals surface area contributed by atoms with Crippen molar-refractivity contribution in [1.82, 2.24) is 25.5 Å². The van der Waals surface area contributed by atoms with Crippen LogP contribution in [0.15, 0.2) is 23.6 Å². The van der Waals surface area contributed by atoms with Gasteiger partial charge in [0, 0.05) is 49.1 Å². The van der Waals surface area contributed by atoms with Gasteiger partial charge in [-0.15, -0.1) is 24.0 Å². The highest BCUT2D eigenvalue weighted by atomic mass is 127. The van der Waals surface area contributed by atoms with Gasteiger partial charge < -0.3 is 15.5 Å². The summed E-state index contributed by atoms with van der Waals surface area (Å²) in [6, 6.07) is 0. The molecule has 1 saturated carbocycles. The van der Waals surface area contributed by atoms with Crippen LogP contribution in [0, 0.1) is 0 Å². The summed E-state index contributed by atoms with van der Waals surface area (Å²) in [5, 5.41) is 6.28. The first-order valence-corrected chi connectivity index (χ1v) is 10.9. The van der Waals surface area contributed by atoms with Crippen LogP contribution in [0.3, 0.4) is 0 Å². The topological polar surface area (TPSA) is 82.5 Å². The Labute approximate surface area is 189 Å². The maximum Gasteiger partial charge on any atom is 0.271 e. The molecule has 9 heteroatoms. The Balaban J connectivity index is 0.00000280. The Hall–Kier alpha value is -1.10. The average Bonchev–Trinajstić information content (AvgIpc) is 2.71. The lowest BCUT2D eigenvalue weighted by Crippen LogP contribution is -2.53. The molecule has 2 heterocycles. The Morgan fingerprint density at radius 3 is 2.82 bits per heavy atom. The van der Waals surface area contributed by atoms with Gasteiger partial charge in [0.25, 0.3) is 5.91 Å². The normalized spacial score (nSPS) is 19.0. The number of nitrogens with zero attached hydrogens (tertiary/aromatic N) is 4. The van der Waals surface area contributed by atoms with Gasteiger partial charge in [-0.2, -0.15) is 11.8 Å². The minimum absolute atomic E-state index is 0. The molecule has 3 rings (SSSR count). The highest BCUT2D eigenvalue weighted by molar-refractivity contribution is 14.0. The van der Waals surface area contributed by atoms with E-state index in [4.69, 9.17) is 4.99 Å². The lowest BCUT2D eigenvalue weighted by atomic mass is 9.87. The van der Waals surface area contributed by atoms with Gasteiger partial charge in [-0.1, -0.05) is 19.3 Å². The van der Waals surface area contributed by atoms with Crippen molar-refractivity contribution in [3.05, 3.63) is 24.3 Å². The molecule has 7 nitrogen and oxygen atoms in total. The van der Waals surface area contributed by atoms with E-state index in [1.54, 1.807) is 6.20 Å². The van der Waals surface area contributed by atoms with E-state index < -0.39 is 0 Å². The zero-order valence-electron chi connectivity index (χ0n) is 16.5. The van der Waals surface area contributed by atoms with Crippen molar-refractivity contribution >= 4 is 47.6 Å². The SMILES string of the molecule is CCNC(=NCCNC(=O)c1cnccn1)N1CCSC2(CCCCC2)C1.I. The number of hydrogen-bond acceptors (Lipinski definition) is 5. The molecule has 156 valence electrons. The molecule has 2 aliphatic rings. The van der Waals surface area contributed by atoms with Crippen LogP contribution in [0.1, 0.15) is 49.5 Å². The first kappa shape index (κ1) is 23.2. The molecule has 2 N–H and O–H groups in total. The number of amides is 1. The second-order valence-electron chi connectivity index (χ2n) is 7.10. The summed E-state index contributed by atoms with van der Waals surface area (Å²) >= 11 is 2.16. The monoisotopic (exact) mass is 518 g/mol. The molecule has 1 aromatic rings. The highest BCUT2D eigenvalue weighted by Crippen LogP contribution is 2.42. The van der Waals surface area contributed by atoms with Gasteiger partial charge in [-0.25, -0.2) is 4.98 Å². The van der Waals surface area contributed by atoms with Gasteiger partial charge in [0.15, 0.2) is 5.96 Å². The highest BCUT2D eigenvalue weighted by Gasteiger charge is 2.38. The third-order valence-corrected chi connectivity index (χ3v) is 6.64. The Bertz CT molecular complexity index is 633. The van der Waals surface area contributed by atoms with E-state index in [9.17, 15) is 4.79 Å². The van der Waals surface area contributed by atoms with E-state index in [0.717, 1.165) is 31.3 Å². The lowest BCUT2D eigenvalue weighted by Gasteiger charge is -2.45. The van der Waals surface area contributed by atoms with Crippen molar-refractivity contribution in [1.29, 1.82) is 0 Å². The summed E-state index contributed by atoms with van der Waals surface area (Å²) in [7, 11) is 0. The summed E-state index contributed by atoms with van der Waals surface area (Å²) in [5.74, 6) is 1.92. The maximum atomic E-state index is 12.0. The van der Waals surface area contributed by atoms with Crippen molar-refractivity contribution < 1.29 is 4.79 Å². The number of carbonyl (C=O) groups is 1. The minimum atomic E-state index is -0.209. The second-order valence-corrected chi connectivity index (χ2v) is 8.66. The molecule has 0 unspecified atom stereocenters. The van der Waals surface area contributed by atoms with Crippen LogP contribution in [0.4, 0.5) is 0 Å². The molecule has 2 fully saturated rings. The number of aliphatic imine (C=N–C) groups is 1. The number of hydrogen-bond donors (Lipinski definition) is 2. The molecule has 1 aromatic heterocycles. The van der Waals surface area contributed by atoms with Crippen molar-refractivity contribution in [3.63, 3.8) is 0 Å². The summed E-state index contributed by atoms with van der Waals surface area (Å²) in [6.45, 7) is 6.09. The third kappa shape index (κ3) is 6.47. The van der Waals surface area contributed by atoms with E-state index in [0.29, 0.717) is 23.5 Å². The smallest absolute Gasteiger partial charge is 0.271 e. The van der Waals surface area contributed by atoms with Gasteiger partial charge in [0.05, 0.1) is 12.7 Å². The summed E-state index contributed by atoms with van der Waals surface area (Å²) in [6.07, 6.45) is 11.3. The van der Waals surface area contributed by atoms with Crippen LogP contribution in [0.25, 0.3) is 0 Å². The van der Waals surface area contributed by atoms with Gasteiger partial charge in [0.2, 0.25) is 0 Å². The Kier molecular flexibility index (Phi) is 9.76. The molecular weight excluding hydrogens is 487 g/mol. The van der Waals surface area contributed by atoms with Gasteiger partial charge in [0.1, 0.15) is 5.69 Å². The molecular formula is C19H31IN6OS. The maximum absolute atomic E-state index is 12.0. The molecule has 1 saturated heterocycles. The minimum Gasteiger partial charge on any atom is -0.357 e. The fourth-order valence-corrected chi connectivity index (χ4v) is 5.36. The molecule has 0 atom stereocenters. The van der Waals surface area contributed by atoms with E-state index in [2.05, 4.69) is 44.2 Å². The van der Waals surface area contributed by atoms with Gasteiger partial charge >= 0.3 is 0 Å². The quantitative estimate of drug-likeness (QED) is 0.270. The number of rotatable bonds is 5. The van der Waals surface area contributed by atoms with E-state index in [-0.39, 0.29) is 29.9 Å². The number of nitrogens with one attached hydrogen (secondary N) is 2. The van der Waals surface area contributed by atoms with E-state index >= 15 is 0 Å². The molecule has 28 heavy (non-hydrogen) atoms. The fraction of sp³-hybridized carbons (Fsp3) is 0.684. The zero-order valence-corrected chi connectivity index (χ0v) is 19.7. The molecule has 1 aliphatic heterocycles. The van der Waals surface area contributed by atoms with Gasteiger partial charge in [-0.3, -0.25) is 14.8 Å². The van der Waals surface area contributed by atoms with Crippen molar-refractivity contribution in [2.75, 3.05) is 38.5 Å². The zero-order chi connectivity index (χ0) is 19.0. The van der Waals surface area contributed by atoms with Gasteiger partial charge in [-0.05, 0) is 19.8 Å². The molecule has 0 bridgehead atoms. The Morgan fingerprint density at radius 2 is 2.11 bits per heavy atom. The molecule has 0 radical (unpaired) electrons. The predicted molar refractivity (Wildman–Crippen MR) is 126 cm³/mol. The Morgan fingerprint density at radius 1 is 1.29 bits per heavy atom. The molecule has 1 amide bonds. The first-order chi connectivity index (χ1) is 13.2. The first-order valence-electron chi connectivity index (χ1n) is 9.94.